The summed E-state index contributed by atoms with van der Waals surface area (Å²) in [5, 5.41) is 4.19. The van der Waals surface area contributed by atoms with Crippen LogP contribution in [0.4, 0.5) is 5.82 Å². The molecule has 0 saturated carbocycles. The molecule has 1 aliphatic heterocycles. The first-order chi connectivity index (χ1) is 10.3. The first kappa shape index (κ1) is 16.8. The highest BCUT2D eigenvalue weighted by Gasteiger charge is 2.31. The summed E-state index contributed by atoms with van der Waals surface area (Å²) in [4.78, 5) is 14.1. The molecule has 0 aromatic carbocycles. The van der Waals surface area contributed by atoms with E-state index in [-0.39, 0.29) is 11.7 Å². The molecule has 0 unspecified atom stereocenters. The van der Waals surface area contributed by atoms with Gasteiger partial charge in [-0.3, -0.25) is 4.90 Å². The van der Waals surface area contributed by atoms with Crippen LogP contribution in [0.2, 0.25) is 0 Å². The van der Waals surface area contributed by atoms with Crippen LogP contribution in [0.25, 0.3) is 0 Å². The van der Waals surface area contributed by atoms with E-state index in [2.05, 4.69) is 30.8 Å². The molecule has 0 spiro atoms. The molecule has 0 amide bonds. The normalized spacial score (nSPS) is 21.7. The maximum Gasteiger partial charge on any atom is 0.343 e. The summed E-state index contributed by atoms with van der Waals surface area (Å²) in [6, 6.07) is 0. The Kier molecular flexibility index (Phi) is 5.08. The molecule has 1 aliphatic rings. The van der Waals surface area contributed by atoms with Crippen molar-refractivity contribution < 1.29 is 14.3 Å². The SMILES string of the molecule is CCOC(=O)c1cnn(CCN2C[C@@H](C)OC(C)(C)C2)c1N. The van der Waals surface area contributed by atoms with Crippen LogP contribution in [-0.2, 0) is 16.0 Å². The van der Waals surface area contributed by atoms with Gasteiger partial charge in [0.05, 0.1) is 31.1 Å². The molecule has 0 bridgehead atoms. The van der Waals surface area contributed by atoms with E-state index < -0.39 is 5.97 Å². The van der Waals surface area contributed by atoms with Crippen LogP contribution in [0.3, 0.4) is 0 Å². The maximum atomic E-state index is 11.7. The van der Waals surface area contributed by atoms with Crippen molar-refractivity contribution in [2.75, 3.05) is 32.0 Å². The van der Waals surface area contributed by atoms with E-state index in [4.69, 9.17) is 15.2 Å². The second kappa shape index (κ2) is 6.66. The quantitative estimate of drug-likeness (QED) is 0.821. The molecule has 2 rings (SSSR count). The van der Waals surface area contributed by atoms with Crippen LogP contribution in [0, 0.1) is 0 Å². The molecule has 22 heavy (non-hydrogen) atoms. The maximum absolute atomic E-state index is 11.7. The number of hydrogen-bond acceptors (Lipinski definition) is 6. The molecule has 1 atom stereocenters. The van der Waals surface area contributed by atoms with E-state index in [1.807, 2.05) is 0 Å². The van der Waals surface area contributed by atoms with Crippen molar-refractivity contribution in [3.05, 3.63) is 11.8 Å². The molecule has 1 saturated heterocycles. The highest BCUT2D eigenvalue weighted by atomic mass is 16.5. The van der Waals surface area contributed by atoms with Gasteiger partial charge in [-0.05, 0) is 27.7 Å². The zero-order valence-electron chi connectivity index (χ0n) is 13.8. The number of hydrogen-bond donors (Lipinski definition) is 1. The molecule has 1 aromatic rings. The van der Waals surface area contributed by atoms with Gasteiger partial charge in [0, 0.05) is 19.6 Å². The van der Waals surface area contributed by atoms with E-state index in [1.54, 1.807) is 11.6 Å². The average Bonchev–Trinajstić information content (AvgIpc) is 2.76. The number of nitrogens with two attached hydrogens (primary N) is 1. The molecule has 0 radical (unpaired) electrons. The topological polar surface area (TPSA) is 82.6 Å². The highest BCUT2D eigenvalue weighted by molar-refractivity contribution is 5.93. The summed E-state index contributed by atoms with van der Waals surface area (Å²) >= 11 is 0. The predicted octanol–water partition coefficient (Wildman–Crippen LogP) is 1.14. The first-order valence-electron chi connectivity index (χ1n) is 7.71. The van der Waals surface area contributed by atoms with Gasteiger partial charge in [-0.2, -0.15) is 5.10 Å². The molecule has 1 aromatic heterocycles. The van der Waals surface area contributed by atoms with Gasteiger partial charge in [0.15, 0.2) is 0 Å². The number of rotatable bonds is 5. The molecule has 7 heteroatoms. The summed E-state index contributed by atoms with van der Waals surface area (Å²) in [5.74, 6) is -0.0635. The summed E-state index contributed by atoms with van der Waals surface area (Å²) in [6.45, 7) is 11.5. The lowest BCUT2D eigenvalue weighted by Crippen LogP contribution is -2.52. The third-order valence-corrected chi connectivity index (χ3v) is 3.64. The Hall–Kier alpha value is -1.60. The van der Waals surface area contributed by atoms with Gasteiger partial charge >= 0.3 is 5.97 Å². The fourth-order valence-corrected chi connectivity index (χ4v) is 2.93. The summed E-state index contributed by atoms with van der Waals surface area (Å²) in [5.41, 5.74) is 6.17. The van der Waals surface area contributed by atoms with Crippen LogP contribution in [0.1, 0.15) is 38.1 Å². The monoisotopic (exact) mass is 310 g/mol. The van der Waals surface area contributed by atoms with E-state index in [0.717, 1.165) is 19.6 Å². The Labute approximate surface area is 131 Å². The van der Waals surface area contributed by atoms with Crippen molar-refractivity contribution in [2.24, 2.45) is 0 Å². The predicted molar refractivity (Wildman–Crippen MR) is 83.7 cm³/mol. The van der Waals surface area contributed by atoms with Crippen LogP contribution in [-0.4, -0.2) is 58.6 Å². The van der Waals surface area contributed by atoms with E-state index in [9.17, 15) is 4.79 Å². The van der Waals surface area contributed by atoms with Gasteiger partial charge in [-0.25, -0.2) is 9.48 Å². The fourth-order valence-electron chi connectivity index (χ4n) is 2.93. The van der Waals surface area contributed by atoms with Crippen LogP contribution < -0.4 is 5.73 Å². The number of nitrogens with zero attached hydrogens (tertiary/aromatic N) is 3. The van der Waals surface area contributed by atoms with Crippen LogP contribution in [0.15, 0.2) is 6.20 Å². The van der Waals surface area contributed by atoms with Gasteiger partial charge < -0.3 is 15.2 Å². The second-order valence-electron chi connectivity index (χ2n) is 6.31. The lowest BCUT2D eigenvalue weighted by molar-refractivity contribution is -0.129. The number of carbonyl (C=O) groups excluding carboxylic acids is 1. The first-order valence-corrected chi connectivity index (χ1v) is 7.71. The third-order valence-electron chi connectivity index (χ3n) is 3.64. The van der Waals surface area contributed by atoms with Gasteiger partial charge in [0.2, 0.25) is 0 Å². The summed E-state index contributed by atoms with van der Waals surface area (Å²) < 4.78 is 12.5. The number of esters is 1. The largest absolute Gasteiger partial charge is 0.462 e. The lowest BCUT2D eigenvalue weighted by atomic mass is 10.1. The zero-order chi connectivity index (χ0) is 16.3. The van der Waals surface area contributed by atoms with Crippen molar-refractivity contribution in [1.29, 1.82) is 0 Å². The van der Waals surface area contributed by atoms with Gasteiger partial charge in [0.1, 0.15) is 11.4 Å². The lowest BCUT2D eigenvalue weighted by Gasteiger charge is -2.41. The average molecular weight is 310 g/mol. The Morgan fingerprint density at radius 2 is 2.27 bits per heavy atom. The smallest absolute Gasteiger partial charge is 0.343 e. The Morgan fingerprint density at radius 1 is 1.55 bits per heavy atom. The fraction of sp³-hybridized carbons (Fsp3) is 0.733. The van der Waals surface area contributed by atoms with Gasteiger partial charge in [-0.1, -0.05) is 0 Å². The molecule has 1 fully saturated rings. The number of anilines is 1. The third kappa shape index (κ3) is 3.98. The van der Waals surface area contributed by atoms with Crippen molar-refractivity contribution in [2.45, 2.75) is 45.9 Å². The zero-order valence-corrected chi connectivity index (χ0v) is 13.8. The summed E-state index contributed by atoms with van der Waals surface area (Å²) in [6.07, 6.45) is 1.67. The number of ether oxygens (including phenoxy) is 2. The van der Waals surface area contributed by atoms with Crippen molar-refractivity contribution in [3.63, 3.8) is 0 Å². The van der Waals surface area contributed by atoms with Gasteiger partial charge in [-0.15, -0.1) is 0 Å². The molecule has 2 N–H and O–H groups in total. The number of carbonyl (C=O) groups is 1. The van der Waals surface area contributed by atoms with E-state index >= 15 is 0 Å². The van der Waals surface area contributed by atoms with Crippen molar-refractivity contribution in [1.82, 2.24) is 14.7 Å². The number of morpholine rings is 1. The van der Waals surface area contributed by atoms with Crippen LogP contribution >= 0.6 is 0 Å². The Bertz CT molecular complexity index is 527. The van der Waals surface area contributed by atoms with Crippen LogP contribution in [0.5, 0.6) is 0 Å². The minimum Gasteiger partial charge on any atom is -0.462 e. The van der Waals surface area contributed by atoms with E-state index in [0.29, 0.717) is 24.5 Å². The molecular weight excluding hydrogens is 284 g/mol. The number of nitrogen functional groups attached to an aromatic ring is 1. The molecule has 124 valence electrons. The molecule has 0 aliphatic carbocycles. The minimum absolute atomic E-state index is 0.149. The second-order valence-corrected chi connectivity index (χ2v) is 6.31. The molecule has 2 heterocycles. The van der Waals surface area contributed by atoms with Crippen molar-refractivity contribution in [3.8, 4) is 0 Å². The minimum atomic E-state index is -0.424. The number of aromatic nitrogens is 2. The standard InChI is InChI=1S/C15H26N4O3/c1-5-21-14(20)12-8-17-19(13(12)16)7-6-18-9-11(2)22-15(3,4)10-18/h8,11H,5-7,9-10,16H2,1-4H3/t11-/m1/s1. The van der Waals surface area contributed by atoms with Crippen molar-refractivity contribution >= 4 is 11.8 Å². The highest BCUT2D eigenvalue weighted by Crippen LogP contribution is 2.21. The summed E-state index contributed by atoms with van der Waals surface area (Å²) in [7, 11) is 0. The Balaban J connectivity index is 1.96. The Morgan fingerprint density at radius 3 is 2.91 bits per heavy atom. The molecular formula is C15H26N4O3. The molecule has 7 nitrogen and oxygen atoms in total. The van der Waals surface area contributed by atoms with E-state index in [1.165, 1.54) is 6.20 Å². The van der Waals surface area contributed by atoms with Gasteiger partial charge in [0.25, 0.3) is 0 Å².